The van der Waals surface area contributed by atoms with Crippen LogP contribution in [-0.2, 0) is 5.67 Å². The van der Waals surface area contributed by atoms with Crippen LogP contribution in [0.4, 0.5) is 8.78 Å². The maximum absolute atomic E-state index is 14.9. The summed E-state index contributed by atoms with van der Waals surface area (Å²) in [6.07, 6.45) is 10.4. The molecule has 0 spiro atoms. The van der Waals surface area contributed by atoms with Gasteiger partial charge >= 0.3 is 0 Å². The van der Waals surface area contributed by atoms with Crippen LogP contribution < -0.4 is 0 Å². The number of halogens is 2. The number of hydrogen-bond acceptors (Lipinski definition) is 0. The first-order chi connectivity index (χ1) is 10.6. The van der Waals surface area contributed by atoms with Crippen molar-refractivity contribution in [2.24, 2.45) is 5.92 Å². The lowest BCUT2D eigenvalue weighted by molar-refractivity contribution is 0.124. The minimum Gasteiger partial charge on any atom is -0.239 e. The molecule has 1 aromatic rings. The van der Waals surface area contributed by atoms with Crippen LogP contribution in [-0.4, -0.2) is 6.17 Å². The molecule has 0 heterocycles. The highest BCUT2D eigenvalue weighted by Gasteiger charge is 2.38. The highest BCUT2D eigenvalue weighted by molar-refractivity contribution is 5.37. The lowest BCUT2D eigenvalue weighted by Crippen LogP contribution is -2.30. The first kappa shape index (κ1) is 15.5. The van der Waals surface area contributed by atoms with Crippen molar-refractivity contribution in [1.29, 1.82) is 0 Å². The van der Waals surface area contributed by atoms with Gasteiger partial charge in [0.1, 0.15) is 0 Å². The number of hydrogen-bond donors (Lipinski definition) is 0. The predicted molar refractivity (Wildman–Crippen MR) is 87.4 cm³/mol. The van der Waals surface area contributed by atoms with Crippen molar-refractivity contribution >= 4 is 0 Å². The number of alkyl halides is 2. The van der Waals surface area contributed by atoms with Crippen molar-refractivity contribution in [3.05, 3.63) is 59.7 Å². The summed E-state index contributed by atoms with van der Waals surface area (Å²) in [4.78, 5) is 0. The number of rotatable bonds is 3. The summed E-state index contributed by atoms with van der Waals surface area (Å²) in [5.74, 6) is 1.45. The average Bonchev–Trinajstić information content (AvgIpc) is 2.58. The molecular weight excluding hydrogens is 278 g/mol. The maximum Gasteiger partial charge on any atom is 0.189 e. The molecule has 0 aliphatic heterocycles. The Morgan fingerprint density at radius 2 is 1.73 bits per heavy atom. The summed E-state index contributed by atoms with van der Waals surface area (Å²) in [6, 6.07) is 7.51. The molecule has 3 rings (SSSR count). The zero-order valence-corrected chi connectivity index (χ0v) is 13.1. The molecule has 22 heavy (non-hydrogen) atoms. The Bertz CT molecular complexity index is 550. The zero-order chi connectivity index (χ0) is 15.6. The Labute approximate surface area is 131 Å². The van der Waals surface area contributed by atoms with Gasteiger partial charge in [0.2, 0.25) is 0 Å². The molecular formula is C20H24F2. The molecule has 0 saturated heterocycles. The van der Waals surface area contributed by atoms with Crippen LogP contribution in [0.1, 0.15) is 56.1 Å². The second-order valence-corrected chi connectivity index (χ2v) is 6.66. The molecule has 0 bridgehead atoms. The zero-order valence-electron chi connectivity index (χ0n) is 13.1. The van der Waals surface area contributed by atoms with Crippen molar-refractivity contribution in [2.75, 3.05) is 0 Å². The van der Waals surface area contributed by atoms with Gasteiger partial charge in [-0.25, -0.2) is 8.78 Å². The normalized spacial score (nSPS) is 34.8. The summed E-state index contributed by atoms with van der Waals surface area (Å²) in [7, 11) is 0. The molecule has 0 aromatic heterocycles. The molecule has 0 nitrogen and oxygen atoms in total. The first-order valence-electron chi connectivity index (χ1n) is 8.43. The van der Waals surface area contributed by atoms with E-state index in [4.69, 9.17) is 0 Å². The van der Waals surface area contributed by atoms with Gasteiger partial charge in [-0.05, 0) is 60.8 Å². The predicted octanol–water partition coefficient (Wildman–Crippen LogP) is 6.00. The molecule has 2 unspecified atom stereocenters. The molecule has 2 aliphatic carbocycles. The summed E-state index contributed by atoms with van der Waals surface area (Å²) in [6.45, 7) is 2.26. The van der Waals surface area contributed by atoms with E-state index < -0.39 is 11.8 Å². The van der Waals surface area contributed by atoms with Gasteiger partial charge in [0, 0.05) is 0 Å². The molecule has 1 aromatic carbocycles. The van der Waals surface area contributed by atoms with Gasteiger partial charge in [-0.15, -0.1) is 0 Å². The molecule has 0 amide bonds. The van der Waals surface area contributed by atoms with Gasteiger partial charge in [-0.1, -0.05) is 49.8 Å². The third kappa shape index (κ3) is 2.88. The smallest absolute Gasteiger partial charge is 0.189 e. The van der Waals surface area contributed by atoms with E-state index in [0.717, 1.165) is 5.92 Å². The van der Waals surface area contributed by atoms with Crippen molar-refractivity contribution < 1.29 is 8.78 Å². The molecule has 0 radical (unpaired) electrons. The molecule has 0 N–H and O–H groups in total. The van der Waals surface area contributed by atoms with Gasteiger partial charge in [0.05, 0.1) is 0 Å². The van der Waals surface area contributed by atoms with Gasteiger partial charge in [0.25, 0.3) is 0 Å². The molecule has 1 fully saturated rings. The molecule has 2 aliphatic rings. The van der Waals surface area contributed by atoms with Crippen LogP contribution in [0.3, 0.4) is 0 Å². The molecule has 2 heteroatoms. The van der Waals surface area contributed by atoms with Gasteiger partial charge < -0.3 is 0 Å². The van der Waals surface area contributed by atoms with Crippen LogP contribution in [0.15, 0.2) is 48.6 Å². The van der Waals surface area contributed by atoms with Crippen LogP contribution in [0.2, 0.25) is 0 Å². The molecule has 2 atom stereocenters. The highest BCUT2D eigenvalue weighted by atomic mass is 19.2. The Balaban J connectivity index is 1.73. The fourth-order valence-electron chi connectivity index (χ4n) is 3.76. The van der Waals surface area contributed by atoms with Gasteiger partial charge in [0.15, 0.2) is 11.8 Å². The Kier molecular flexibility index (Phi) is 4.46. The first-order valence-corrected chi connectivity index (χ1v) is 8.43. The molecule has 118 valence electrons. The number of benzene rings is 1. The lowest BCUT2D eigenvalue weighted by Gasteiger charge is -2.29. The largest absolute Gasteiger partial charge is 0.239 e. The van der Waals surface area contributed by atoms with Crippen LogP contribution >= 0.6 is 0 Å². The van der Waals surface area contributed by atoms with E-state index >= 15 is 0 Å². The van der Waals surface area contributed by atoms with E-state index in [-0.39, 0.29) is 0 Å². The quantitative estimate of drug-likeness (QED) is 0.642. The van der Waals surface area contributed by atoms with Crippen molar-refractivity contribution in [1.82, 2.24) is 0 Å². The minimum absolute atomic E-state index is 0.409. The van der Waals surface area contributed by atoms with Crippen LogP contribution in [0.5, 0.6) is 0 Å². The molecule has 1 saturated carbocycles. The summed E-state index contributed by atoms with van der Waals surface area (Å²) in [5, 5.41) is 0. The second kappa shape index (κ2) is 6.36. The van der Waals surface area contributed by atoms with Crippen molar-refractivity contribution in [3.63, 3.8) is 0 Å². The second-order valence-electron chi connectivity index (χ2n) is 6.66. The van der Waals surface area contributed by atoms with E-state index in [9.17, 15) is 8.78 Å². The highest BCUT2D eigenvalue weighted by Crippen LogP contribution is 2.40. The number of allylic oxidation sites excluding steroid dienone is 4. The fraction of sp³-hybridized carbons (Fsp3) is 0.500. The maximum atomic E-state index is 14.9. The summed E-state index contributed by atoms with van der Waals surface area (Å²) < 4.78 is 28.8. The third-order valence-corrected chi connectivity index (χ3v) is 5.38. The topological polar surface area (TPSA) is 0 Å². The SMILES string of the molecule is CC[C@H]1CC[C@H](c2ccc(C3(F)C=CC=CC3F)cc2)CC1. The summed E-state index contributed by atoms with van der Waals surface area (Å²) in [5.41, 5.74) is -0.341. The van der Waals surface area contributed by atoms with E-state index in [1.807, 2.05) is 12.1 Å². The van der Waals surface area contributed by atoms with Crippen LogP contribution in [0.25, 0.3) is 0 Å². The van der Waals surface area contributed by atoms with E-state index in [2.05, 4.69) is 6.92 Å². The summed E-state index contributed by atoms with van der Waals surface area (Å²) >= 11 is 0. The Hall–Kier alpha value is -1.44. The third-order valence-electron chi connectivity index (χ3n) is 5.38. The van der Waals surface area contributed by atoms with Gasteiger partial charge in [-0.3, -0.25) is 0 Å². The van der Waals surface area contributed by atoms with Crippen molar-refractivity contribution in [3.8, 4) is 0 Å². The van der Waals surface area contributed by atoms with Gasteiger partial charge in [-0.2, -0.15) is 0 Å². The Morgan fingerprint density at radius 3 is 2.32 bits per heavy atom. The standard InChI is InChI=1S/C20H24F2/c1-2-15-6-8-16(9-7-15)17-10-12-18(13-11-17)20(22)14-4-3-5-19(20)21/h3-5,10-16,19H,2,6-9H2,1H3/t15-,16-,19?,20?. The van der Waals surface area contributed by atoms with E-state index in [1.165, 1.54) is 49.8 Å². The average molecular weight is 302 g/mol. The Morgan fingerprint density at radius 1 is 1.05 bits per heavy atom. The lowest BCUT2D eigenvalue weighted by atomic mass is 9.77. The van der Waals surface area contributed by atoms with Crippen LogP contribution in [0, 0.1) is 5.92 Å². The minimum atomic E-state index is -2.02. The fourth-order valence-corrected chi connectivity index (χ4v) is 3.76. The monoisotopic (exact) mass is 302 g/mol. The van der Waals surface area contributed by atoms with E-state index in [0.29, 0.717) is 11.5 Å². The van der Waals surface area contributed by atoms with E-state index in [1.54, 1.807) is 24.3 Å². The van der Waals surface area contributed by atoms with Crippen molar-refractivity contribution in [2.45, 2.75) is 56.8 Å².